The summed E-state index contributed by atoms with van der Waals surface area (Å²) in [5.74, 6) is 11.1. The molecule has 37 heteroatoms. The van der Waals surface area contributed by atoms with E-state index in [4.69, 9.17) is 53.6 Å². The van der Waals surface area contributed by atoms with E-state index in [0.29, 0.717) is 98.8 Å². The number of alkyl halides is 2. The van der Waals surface area contributed by atoms with E-state index >= 15 is 0 Å². The summed E-state index contributed by atoms with van der Waals surface area (Å²) < 4.78 is 35.9. The van der Waals surface area contributed by atoms with Gasteiger partial charge in [-0.15, -0.1) is 76.7 Å². The Bertz CT molecular complexity index is 6350. The molecule has 4 aromatic heterocycles. The molecule has 660 valence electrons. The topological polar surface area (TPSA) is 354 Å². The van der Waals surface area contributed by atoms with Crippen LogP contribution in [0.4, 0.5) is 71.3 Å². The van der Waals surface area contributed by atoms with Crippen molar-refractivity contribution >= 4 is 122 Å². The van der Waals surface area contributed by atoms with E-state index in [0.717, 1.165) is 186 Å². The van der Waals surface area contributed by atoms with Crippen LogP contribution in [0.15, 0.2) is 176 Å². The Labute approximate surface area is 773 Å². The van der Waals surface area contributed by atoms with Crippen molar-refractivity contribution in [1.82, 2.24) is 97.2 Å². The van der Waals surface area contributed by atoms with Crippen LogP contribution in [0.3, 0.4) is 0 Å². The lowest BCUT2D eigenvalue weighted by Gasteiger charge is -2.49. The molecule has 0 aliphatic carbocycles. The zero-order valence-electron chi connectivity index (χ0n) is 71.8. The molecular formula is C94H91BrCl2F2N31O+3. The van der Waals surface area contributed by atoms with Gasteiger partial charge in [-0.25, -0.2) is 8.78 Å². The minimum absolute atomic E-state index is 0.130. The van der Waals surface area contributed by atoms with Gasteiger partial charge in [0.05, 0.1) is 19.6 Å². The van der Waals surface area contributed by atoms with Gasteiger partial charge in [0.2, 0.25) is 0 Å². The monoisotopic (exact) mass is 1860 g/mol. The van der Waals surface area contributed by atoms with Gasteiger partial charge in [-0.05, 0) is 223 Å². The highest BCUT2D eigenvalue weighted by molar-refractivity contribution is 9.10. The Hall–Kier alpha value is -14.2. The lowest BCUT2D eigenvalue weighted by molar-refractivity contribution is -0.0634. The fourth-order valence-corrected chi connectivity index (χ4v) is 20.3. The third kappa shape index (κ3) is 18.1. The van der Waals surface area contributed by atoms with Crippen molar-refractivity contribution < 1.29 is 27.9 Å². The van der Waals surface area contributed by atoms with E-state index in [1.807, 2.05) is 72.8 Å². The molecule has 32 nitrogen and oxygen atoms in total. The van der Waals surface area contributed by atoms with Gasteiger partial charge in [-0.2, -0.15) is 20.9 Å². The molecule has 3 saturated heterocycles. The number of halogens is 5. The quantitative estimate of drug-likeness (QED) is 0.0212. The molecule has 8 aliphatic heterocycles. The van der Waals surface area contributed by atoms with E-state index < -0.39 is 17.0 Å². The number of nitrogens with zero attached hydrogens (tertiary/aromatic N) is 27. The van der Waals surface area contributed by atoms with Crippen molar-refractivity contribution in [3.05, 3.63) is 233 Å². The Morgan fingerprint density at radius 1 is 0.435 bits per heavy atom. The number of aromatic nitrogens is 16. The number of benzene rings is 8. The fourth-order valence-electron chi connectivity index (χ4n) is 19.6. The van der Waals surface area contributed by atoms with Gasteiger partial charge < -0.3 is 24.3 Å². The van der Waals surface area contributed by atoms with Crippen LogP contribution in [0.1, 0.15) is 119 Å². The van der Waals surface area contributed by atoms with Crippen LogP contribution in [-0.2, 0) is 54.0 Å². The number of aromatic amines is 4. The summed E-state index contributed by atoms with van der Waals surface area (Å²) >= 11 is 16.8. The maximum Gasteiger partial charge on any atom is 0.297 e. The molecule has 0 amide bonds. The number of rotatable bonds is 22. The molecule has 8 aromatic carbocycles. The van der Waals surface area contributed by atoms with Crippen LogP contribution in [-0.4, -0.2) is 229 Å². The first-order valence-electron chi connectivity index (χ1n) is 42.8. The van der Waals surface area contributed by atoms with E-state index in [-0.39, 0.29) is 17.4 Å². The number of terminal acetylenes is 4. The maximum atomic E-state index is 14.6. The Kier molecular flexibility index (Phi) is 26.2. The molecule has 12 aromatic rings. The maximum absolute atomic E-state index is 14.6. The van der Waals surface area contributed by atoms with E-state index in [1.165, 1.54) is 33.6 Å². The first kappa shape index (κ1) is 88.8. The number of ether oxygens (including phenoxy) is 1. The van der Waals surface area contributed by atoms with Crippen molar-refractivity contribution in [1.29, 1.82) is 0 Å². The number of likely N-dealkylation sites (tertiary alicyclic amines) is 3. The highest BCUT2D eigenvalue weighted by atomic mass is 79.9. The molecule has 131 heavy (non-hydrogen) atoms. The number of H-pyrrole nitrogens is 4. The average Bonchev–Trinajstić information content (AvgIpc) is 1.69. The van der Waals surface area contributed by atoms with Crippen molar-refractivity contribution in [2.75, 3.05) is 111 Å². The summed E-state index contributed by atoms with van der Waals surface area (Å²) in [6, 6.07) is 48.9. The first-order valence-corrected chi connectivity index (χ1v) is 44.3. The van der Waals surface area contributed by atoms with E-state index in [2.05, 4.69) is 283 Å². The summed E-state index contributed by atoms with van der Waals surface area (Å²) in [5, 5.41) is 79.1. The van der Waals surface area contributed by atoms with Crippen molar-refractivity contribution in [3.8, 4) is 55.1 Å². The van der Waals surface area contributed by atoms with Crippen molar-refractivity contribution in [2.24, 2.45) is 25.6 Å². The van der Waals surface area contributed by atoms with Gasteiger partial charge >= 0.3 is 0 Å². The van der Waals surface area contributed by atoms with Gasteiger partial charge in [0, 0.05) is 201 Å². The van der Waals surface area contributed by atoms with Crippen LogP contribution in [0.5, 0.6) is 5.75 Å². The van der Waals surface area contributed by atoms with Gasteiger partial charge in [0.1, 0.15) is 44.8 Å². The highest BCUT2D eigenvalue weighted by Crippen LogP contribution is 2.61. The third-order valence-electron chi connectivity index (χ3n) is 25.8. The molecule has 0 unspecified atom stereocenters. The molecule has 20 rings (SSSR count). The number of fused-ring (bicyclic) bond motifs is 14. The fraction of sp³-hybridized carbons (Fsp3) is 0.330. The Morgan fingerprint density at radius 2 is 0.771 bits per heavy atom. The largest absolute Gasteiger partial charge is 0.481 e. The number of piperidine rings is 3. The summed E-state index contributed by atoms with van der Waals surface area (Å²) in [7, 11) is 0. The molecule has 4 N–H and O–H groups in total. The summed E-state index contributed by atoms with van der Waals surface area (Å²) in [6.07, 6.45) is 30.8. The second kappa shape index (κ2) is 38.6. The van der Waals surface area contributed by atoms with E-state index in [9.17, 15) is 8.78 Å². The molecule has 0 bridgehead atoms. The minimum Gasteiger partial charge on any atom is -0.481 e. The summed E-state index contributed by atoms with van der Waals surface area (Å²) in [4.78, 5) is 27.2. The third-order valence-corrected chi connectivity index (χ3v) is 26.8. The van der Waals surface area contributed by atoms with Crippen molar-refractivity contribution in [3.63, 3.8) is 0 Å². The van der Waals surface area contributed by atoms with Crippen LogP contribution in [0.2, 0.25) is 10.0 Å². The predicted octanol–water partition coefficient (Wildman–Crippen LogP) is 14.5. The number of tetrazole rings is 4. The van der Waals surface area contributed by atoms with Crippen LogP contribution >= 0.6 is 39.1 Å². The molecule has 0 radical (unpaired) electrons. The minimum atomic E-state index is -3.11. The van der Waals surface area contributed by atoms with Gasteiger partial charge in [-0.1, -0.05) is 89.7 Å². The second-order valence-electron chi connectivity index (χ2n) is 33.0. The zero-order chi connectivity index (χ0) is 90.9. The number of anilines is 8. The van der Waals surface area contributed by atoms with E-state index in [1.54, 1.807) is 6.07 Å². The van der Waals surface area contributed by atoms with Crippen LogP contribution < -0.4 is 24.3 Å². The Balaban J connectivity index is 0.000000123. The lowest BCUT2D eigenvalue weighted by atomic mass is 9.64. The highest BCUT2D eigenvalue weighted by Gasteiger charge is 2.61. The molecule has 8 aliphatic rings. The predicted molar refractivity (Wildman–Crippen MR) is 497 cm³/mol. The summed E-state index contributed by atoms with van der Waals surface area (Å²) in [6.45, 7) is 21.5. The molecule has 0 saturated carbocycles. The van der Waals surface area contributed by atoms with Crippen LogP contribution in [0.25, 0.3) is 0 Å². The standard InChI is InChI=1S/C26H25ClF2N8.C24H24BrN8.C24H24ClN8.C20H18N7O/c1-3-11-36-13-9-25(10-14-36)19-15-17(26(32-33-26)24(2,28)29)4-6-21(19)37(12-8-23-30-34-35-31-23)22-7-5-18(27)16-20(22)25;2*1-3-11-32-13-9-24(10-14-32)19-15-17(25)4-6-21(19)33(12-8-23-28-30-31-29-23)22-7-5-18(27-26-2)16-20(22)24;1-3-10-28-17-5-7-19-15(13-17)11-14-12-16(22-21-2)4-6-18(14)27(19)9-8-20-23-25-26-24-20/h1,4-7,15-16H,8-14H2,2H3,(H,30,31,34,35);2*1,4-7,15-16H,2,8-14H2,(H,28,29,30,31);1,4-7,12-13H,2,8-11H2,(H,23,24,25,26)/q;3*+1. The van der Waals surface area contributed by atoms with Gasteiger partial charge in [0.15, 0.2) is 23.3 Å². The molecule has 3 spiro atoms. The number of nitrogens with one attached hydrogen (secondary N) is 4. The SMILES string of the molecule is C#CCN1CCC2(CC1)c1cc(Br)ccc1N(CCc1nn[nH]n1)c1ccc(N=[N+]=C)cc12.C#CCN1CCC2(CC1)c1cc(Cl)ccc1N(CCc1nn[nH]n1)c1ccc(C3(C(C)(F)F)N=N3)cc12.C#CCN1CCC2(CC1)c1cc(Cl)ccc1N(CCc1nn[nH]n1)c1ccc(N=[N+]=C)cc12.C#CCOc1ccc2c(c1)Cc1cc(N=[N+]=C)ccc1N2CCc1nn[nH]n1. The average molecular weight is 1860 g/mol. The number of hydrogen-bond acceptors (Lipinski definition) is 25. The van der Waals surface area contributed by atoms with Gasteiger partial charge in [-0.3, -0.25) is 14.7 Å². The molecule has 0 atom stereocenters. The second-order valence-corrected chi connectivity index (χ2v) is 34.8. The Morgan fingerprint density at radius 3 is 1.14 bits per heavy atom. The smallest absolute Gasteiger partial charge is 0.297 e. The normalized spacial score (nSPS) is 16.3. The zero-order valence-corrected chi connectivity index (χ0v) is 74.9. The molecule has 3 fully saturated rings. The summed E-state index contributed by atoms with van der Waals surface area (Å²) in [5.41, 5.74) is 18.6. The van der Waals surface area contributed by atoms with Crippen molar-refractivity contribution in [2.45, 2.75) is 105 Å². The van der Waals surface area contributed by atoms with Gasteiger partial charge in [0.25, 0.3) is 31.7 Å². The number of hydrogen-bond donors (Lipinski definition) is 4. The first-order chi connectivity index (χ1) is 63.8. The molecular weight excluding hydrogens is 1770 g/mol. The van der Waals surface area contributed by atoms with Crippen LogP contribution in [0, 0.1) is 49.4 Å². The lowest BCUT2D eigenvalue weighted by Crippen LogP contribution is -2.47. The molecule has 12 heterocycles.